The molecule has 2 heterocycles. The second kappa shape index (κ2) is 7.72. The molecule has 7 heteroatoms. The van der Waals surface area contributed by atoms with Gasteiger partial charge in [0.1, 0.15) is 5.56 Å². The standard InChI is InChI=1S/C23H20F2N2O2S/c1-13-10-19(28)22(23(29)26(2)3)18-12-21(14-8-9-15(24)16(25)11-14)30-20-7-5-4-6-17(20)27(13)18/h4-11,21H,12H2,1-3H3. The normalized spacial score (nSPS) is 15.2. The first kappa shape index (κ1) is 20.3. The van der Waals surface area contributed by atoms with E-state index in [2.05, 4.69) is 0 Å². The van der Waals surface area contributed by atoms with Crippen LogP contribution in [-0.4, -0.2) is 29.5 Å². The topological polar surface area (TPSA) is 42.3 Å². The van der Waals surface area contributed by atoms with Crippen LogP contribution in [-0.2, 0) is 6.42 Å². The van der Waals surface area contributed by atoms with Gasteiger partial charge in [0.15, 0.2) is 17.1 Å². The van der Waals surface area contributed by atoms with Gasteiger partial charge in [-0.25, -0.2) is 8.78 Å². The molecule has 1 aromatic heterocycles. The van der Waals surface area contributed by atoms with Crippen LogP contribution >= 0.6 is 11.8 Å². The maximum Gasteiger partial charge on any atom is 0.259 e. The van der Waals surface area contributed by atoms with Crippen molar-refractivity contribution in [2.75, 3.05) is 14.1 Å². The molecule has 4 rings (SSSR count). The Kier molecular flexibility index (Phi) is 5.24. The highest BCUT2D eigenvalue weighted by molar-refractivity contribution is 7.99. The number of aryl methyl sites for hydroxylation is 1. The van der Waals surface area contributed by atoms with Gasteiger partial charge in [-0.1, -0.05) is 18.2 Å². The van der Waals surface area contributed by atoms with E-state index in [0.29, 0.717) is 23.4 Å². The Morgan fingerprint density at radius 1 is 1.10 bits per heavy atom. The van der Waals surface area contributed by atoms with Crippen LogP contribution in [0, 0.1) is 18.6 Å². The van der Waals surface area contributed by atoms with Gasteiger partial charge in [-0.2, -0.15) is 0 Å². The molecule has 0 spiro atoms. The average Bonchev–Trinajstić information content (AvgIpc) is 2.87. The van der Waals surface area contributed by atoms with E-state index in [0.717, 1.165) is 16.6 Å². The van der Waals surface area contributed by atoms with Crippen molar-refractivity contribution < 1.29 is 13.6 Å². The summed E-state index contributed by atoms with van der Waals surface area (Å²) in [5.41, 5.74) is 2.50. The molecule has 1 aliphatic heterocycles. The molecule has 3 aromatic rings. The van der Waals surface area contributed by atoms with Gasteiger partial charge >= 0.3 is 0 Å². The zero-order chi connectivity index (χ0) is 21.6. The molecule has 0 fully saturated rings. The van der Waals surface area contributed by atoms with Crippen LogP contribution in [0.1, 0.15) is 32.6 Å². The lowest BCUT2D eigenvalue weighted by atomic mass is 10.0. The Hall–Kier alpha value is -2.93. The number of hydrogen-bond acceptors (Lipinski definition) is 3. The van der Waals surface area contributed by atoms with Crippen LogP contribution in [0.25, 0.3) is 5.69 Å². The minimum Gasteiger partial charge on any atom is -0.345 e. The Morgan fingerprint density at radius 3 is 2.53 bits per heavy atom. The molecule has 0 radical (unpaired) electrons. The fourth-order valence-electron chi connectivity index (χ4n) is 3.79. The molecular formula is C23H20F2N2O2S. The second-order valence-corrected chi connectivity index (χ2v) is 8.70. The van der Waals surface area contributed by atoms with E-state index >= 15 is 0 Å². The molecule has 1 atom stereocenters. The number of hydrogen-bond donors (Lipinski definition) is 0. The highest BCUT2D eigenvalue weighted by Crippen LogP contribution is 2.44. The Labute approximate surface area is 177 Å². The fraction of sp³-hybridized carbons (Fsp3) is 0.217. The molecule has 0 aliphatic carbocycles. The number of aromatic nitrogens is 1. The Morgan fingerprint density at radius 2 is 1.83 bits per heavy atom. The van der Waals surface area contributed by atoms with Crippen LogP contribution in [0.5, 0.6) is 0 Å². The molecule has 0 N–H and O–H groups in total. The molecule has 4 nitrogen and oxygen atoms in total. The summed E-state index contributed by atoms with van der Waals surface area (Å²) in [4.78, 5) is 28.1. The molecule has 1 unspecified atom stereocenters. The van der Waals surface area contributed by atoms with Crippen molar-refractivity contribution in [2.24, 2.45) is 0 Å². The average molecular weight is 426 g/mol. The number of carbonyl (C=O) groups is 1. The minimum atomic E-state index is -0.920. The predicted octanol–water partition coefficient (Wildman–Crippen LogP) is 4.52. The number of nitrogens with zero attached hydrogens (tertiary/aromatic N) is 2. The zero-order valence-electron chi connectivity index (χ0n) is 16.8. The van der Waals surface area contributed by atoms with Gasteiger partial charge in [0.2, 0.25) is 0 Å². The summed E-state index contributed by atoms with van der Waals surface area (Å²) in [5.74, 6) is -2.21. The number of rotatable bonds is 2. The second-order valence-electron chi connectivity index (χ2n) is 7.46. The van der Waals surface area contributed by atoms with E-state index in [1.165, 1.54) is 28.8 Å². The van der Waals surface area contributed by atoms with Gasteiger partial charge in [0, 0.05) is 48.1 Å². The lowest BCUT2D eigenvalue weighted by Gasteiger charge is -2.21. The van der Waals surface area contributed by atoms with Gasteiger partial charge in [-0.15, -0.1) is 11.8 Å². The maximum atomic E-state index is 14.0. The molecule has 0 saturated carbocycles. The number of halogens is 2. The first-order valence-electron chi connectivity index (χ1n) is 9.46. The number of pyridine rings is 1. The SMILES string of the molecule is Cc1cc(=O)c(C(=O)N(C)C)c2n1-c1ccccc1SC(c1ccc(F)c(F)c1)C2. The van der Waals surface area contributed by atoms with Crippen LogP contribution in [0.2, 0.25) is 0 Å². The number of carbonyl (C=O) groups excluding carboxylic acids is 1. The van der Waals surface area contributed by atoms with Gasteiger partial charge < -0.3 is 9.47 Å². The summed E-state index contributed by atoms with van der Waals surface area (Å²) in [6.07, 6.45) is 0.316. The molecule has 2 aromatic carbocycles. The first-order valence-corrected chi connectivity index (χ1v) is 10.3. The molecule has 30 heavy (non-hydrogen) atoms. The van der Waals surface area contributed by atoms with E-state index < -0.39 is 11.6 Å². The highest BCUT2D eigenvalue weighted by Gasteiger charge is 2.30. The highest BCUT2D eigenvalue weighted by atomic mass is 32.2. The molecular weight excluding hydrogens is 406 g/mol. The zero-order valence-corrected chi connectivity index (χ0v) is 17.6. The summed E-state index contributed by atoms with van der Waals surface area (Å²) in [5, 5.41) is -0.301. The lowest BCUT2D eigenvalue weighted by Crippen LogP contribution is -2.32. The number of amides is 1. The summed E-state index contributed by atoms with van der Waals surface area (Å²) < 4.78 is 29.4. The van der Waals surface area contributed by atoms with Crippen molar-refractivity contribution >= 4 is 17.7 Å². The predicted molar refractivity (Wildman–Crippen MR) is 113 cm³/mol. The van der Waals surface area contributed by atoms with Crippen molar-refractivity contribution in [1.82, 2.24) is 9.47 Å². The summed E-state index contributed by atoms with van der Waals surface area (Å²) >= 11 is 1.51. The lowest BCUT2D eigenvalue weighted by molar-refractivity contribution is 0.0824. The largest absolute Gasteiger partial charge is 0.345 e. The molecule has 0 saturated heterocycles. The van der Waals surface area contributed by atoms with E-state index in [9.17, 15) is 18.4 Å². The quantitative estimate of drug-likeness (QED) is 0.605. The van der Waals surface area contributed by atoms with E-state index in [-0.39, 0.29) is 22.1 Å². The van der Waals surface area contributed by atoms with Crippen molar-refractivity contribution in [2.45, 2.75) is 23.5 Å². The van der Waals surface area contributed by atoms with Crippen molar-refractivity contribution in [3.63, 3.8) is 0 Å². The number of thioether (sulfide) groups is 1. The van der Waals surface area contributed by atoms with Crippen molar-refractivity contribution in [3.8, 4) is 5.69 Å². The third-order valence-electron chi connectivity index (χ3n) is 5.19. The van der Waals surface area contributed by atoms with Gasteiger partial charge in [0.25, 0.3) is 5.91 Å². The third kappa shape index (κ3) is 3.43. The number of fused-ring (bicyclic) bond motifs is 3. The van der Waals surface area contributed by atoms with Gasteiger partial charge in [0.05, 0.1) is 5.69 Å². The number of para-hydroxylation sites is 1. The van der Waals surface area contributed by atoms with Gasteiger partial charge in [-0.05, 0) is 36.8 Å². The summed E-state index contributed by atoms with van der Waals surface area (Å²) in [6.45, 7) is 1.83. The van der Waals surface area contributed by atoms with E-state index in [4.69, 9.17) is 0 Å². The van der Waals surface area contributed by atoms with Crippen LogP contribution in [0.15, 0.2) is 58.2 Å². The van der Waals surface area contributed by atoms with E-state index in [1.54, 1.807) is 20.2 Å². The molecule has 1 aliphatic rings. The first-order chi connectivity index (χ1) is 14.3. The van der Waals surface area contributed by atoms with Crippen LogP contribution < -0.4 is 5.43 Å². The number of benzene rings is 2. The molecule has 0 bridgehead atoms. The summed E-state index contributed by atoms with van der Waals surface area (Å²) in [7, 11) is 3.20. The summed E-state index contributed by atoms with van der Waals surface area (Å²) in [6, 6.07) is 13.0. The molecule has 154 valence electrons. The Bertz CT molecular complexity index is 1220. The Balaban J connectivity index is 2.01. The maximum absolute atomic E-state index is 14.0. The monoisotopic (exact) mass is 426 g/mol. The minimum absolute atomic E-state index is 0.107. The van der Waals surface area contributed by atoms with Crippen LogP contribution in [0.3, 0.4) is 0 Å². The fourth-order valence-corrected chi connectivity index (χ4v) is 5.05. The van der Waals surface area contributed by atoms with Crippen LogP contribution in [0.4, 0.5) is 8.78 Å². The smallest absolute Gasteiger partial charge is 0.259 e. The van der Waals surface area contributed by atoms with Crippen molar-refractivity contribution in [3.05, 3.63) is 92.9 Å². The molecule has 1 amide bonds. The van der Waals surface area contributed by atoms with Gasteiger partial charge in [-0.3, -0.25) is 9.59 Å². The van der Waals surface area contributed by atoms with E-state index in [1.807, 2.05) is 35.8 Å². The van der Waals surface area contributed by atoms with Crippen molar-refractivity contribution in [1.29, 1.82) is 0 Å². The third-order valence-corrected chi connectivity index (χ3v) is 6.51.